The SMILES string of the molecule is O=C(N[C@@H]1CCN(CC2Cn3c(=O)ccc4ncc(F)c2c43)C[C@@H]1F)OCc1ccccc1. The van der Waals surface area contributed by atoms with Crippen molar-refractivity contribution >= 4 is 17.1 Å². The zero-order chi connectivity index (χ0) is 22.9. The van der Waals surface area contributed by atoms with Crippen LogP contribution < -0.4 is 10.9 Å². The van der Waals surface area contributed by atoms with Gasteiger partial charge in [0.25, 0.3) is 5.56 Å². The number of benzene rings is 1. The number of likely N-dealkylation sites (tertiary alicyclic amines) is 1. The fourth-order valence-corrected chi connectivity index (χ4v) is 4.82. The molecule has 0 aliphatic carbocycles. The van der Waals surface area contributed by atoms with Crippen molar-refractivity contribution in [2.75, 3.05) is 19.6 Å². The summed E-state index contributed by atoms with van der Waals surface area (Å²) >= 11 is 0. The van der Waals surface area contributed by atoms with E-state index in [0.717, 1.165) is 5.56 Å². The van der Waals surface area contributed by atoms with Gasteiger partial charge in [0, 0.05) is 43.7 Å². The number of pyridine rings is 2. The summed E-state index contributed by atoms with van der Waals surface area (Å²) in [7, 11) is 0. The zero-order valence-corrected chi connectivity index (χ0v) is 17.9. The van der Waals surface area contributed by atoms with E-state index in [0.29, 0.717) is 42.7 Å². The monoisotopic (exact) mass is 454 g/mol. The molecule has 0 saturated carbocycles. The Morgan fingerprint density at radius 3 is 2.79 bits per heavy atom. The van der Waals surface area contributed by atoms with E-state index in [1.54, 1.807) is 10.6 Å². The molecule has 3 aromatic rings. The number of amides is 1. The van der Waals surface area contributed by atoms with E-state index in [-0.39, 0.29) is 24.6 Å². The second-order valence-corrected chi connectivity index (χ2v) is 8.61. The predicted octanol–water partition coefficient (Wildman–Crippen LogP) is 2.97. The van der Waals surface area contributed by atoms with Gasteiger partial charge in [0.1, 0.15) is 18.6 Å². The van der Waals surface area contributed by atoms with Gasteiger partial charge in [0.15, 0.2) is 0 Å². The number of piperidine rings is 1. The third-order valence-electron chi connectivity index (χ3n) is 6.42. The molecule has 2 aromatic heterocycles. The van der Waals surface area contributed by atoms with E-state index < -0.39 is 24.1 Å². The summed E-state index contributed by atoms with van der Waals surface area (Å²) in [5, 5.41) is 2.62. The summed E-state index contributed by atoms with van der Waals surface area (Å²) in [5.74, 6) is -0.711. The number of rotatable bonds is 5. The molecule has 7 nitrogen and oxygen atoms in total. The first kappa shape index (κ1) is 21.5. The van der Waals surface area contributed by atoms with Crippen LogP contribution in [0.3, 0.4) is 0 Å². The van der Waals surface area contributed by atoms with Gasteiger partial charge in [0.05, 0.1) is 23.3 Å². The first-order chi connectivity index (χ1) is 16.0. The molecule has 1 unspecified atom stereocenters. The topological polar surface area (TPSA) is 76.5 Å². The van der Waals surface area contributed by atoms with Crippen LogP contribution in [0, 0.1) is 5.82 Å². The maximum atomic E-state index is 14.9. The second kappa shape index (κ2) is 8.90. The van der Waals surface area contributed by atoms with Gasteiger partial charge in [0.2, 0.25) is 0 Å². The Bertz CT molecular complexity index is 1230. The van der Waals surface area contributed by atoms with Crippen LogP contribution in [0.15, 0.2) is 53.5 Å². The van der Waals surface area contributed by atoms with Gasteiger partial charge in [-0.15, -0.1) is 0 Å². The first-order valence-corrected chi connectivity index (χ1v) is 11.0. The summed E-state index contributed by atoms with van der Waals surface area (Å²) in [6.07, 6.45) is -0.334. The molecule has 0 spiro atoms. The highest BCUT2D eigenvalue weighted by atomic mass is 19.1. The maximum absolute atomic E-state index is 14.9. The Hall–Kier alpha value is -3.33. The number of nitrogens with zero attached hydrogens (tertiary/aromatic N) is 3. The summed E-state index contributed by atoms with van der Waals surface area (Å²) in [5.41, 5.74) is 2.24. The molecule has 2 aliphatic rings. The number of aromatic nitrogens is 2. The van der Waals surface area contributed by atoms with Crippen LogP contribution in [0.2, 0.25) is 0 Å². The van der Waals surface area contributed by atoms with Crippen molar-refractivity contribution in [3.05, 3.63) is 76.0 Å². The average molecular weight is 454 g/mol. The molecule has 4 heterocycles. The van der Waals surface area contributed by atoms with Crippen molar-refractivity contribution in [3.63, 3.8) is 0 Å². The lowest BCUT2D eigenvalue weighted by molar-refractivity contribution is 0.0845. The Balaban J connectivity index is 1.19. The normalized spacial score (nSPS) is 22.4. The molecule has 0 bridgehead atoms. The first-order valence-electron chi connectivity index (χ1n) is 11.0. The largest absolute Gasteiger partial charge is 0.445 e. The van der Waals surface area contributed by atoms with Gasteiger partial charge >= 0.3 is 6.09 Å². The Morgan fingerprint density at radius 2 is 2.00 bits per heavy atom. The average Bonchev–Trinajstić information content (AvgIpc) is 3.20. The number of carbonyl (C=O) groups is 1. The fourth-order valence-electron chi connectivity index (χ4n) is 4.82. The molecule has 0 radical (unpaired) electrons. The summed E-state index contributed by atoms with van der Waals surface area (Å²) < 4.78 is 36.3. The van der Waals surface area contributed by atoms with Gasteiger partial charge in [-0.3, -0.25) is 14.7 Å². The van der Waals surface area contributed by atoms with Crippen LogP contribution in [0.25, 0.3) is 11.0 Å². The van der Waals surface area contributed by atoms with Gasteiger partial charge in [-0.05, 0) is 18.1 Å². The lowest BCUT2D eigenvalue weighted by atomic mass is 9.97. The van der Waals surface area contributed by atoms with E-state index in [9.17, 15) is 18.4 Å². The molecule has 2 aliphatic heterocycles. The molecule has 1 N–H and O–H groups in total. The number of hydrogen-bond donors (Lipinski definition) is 1. The second-order valence-electron chi connectivity index (χ2n) is 8.61. The van der Waals surface area contributed by atoms with Crippen molar-refractivity contribution in [1.82, 2.24) is 19.8 Å². The minimum absolute atomic E-state index is 0.112. The van der Waals surface area contributed by atoms with Crippen LogP contribution in [-0.2, 0) is 17.9 Å². The van der Waals surface area contributed by atoms with Crippen molar-refractivity contribution in [2.24, 2.45) is 0 Å². The molecule has 9 heteroatoms. The number of alkyl carbamates (subject to hydrolysis) is 1. The Labute approximate surface area is 189 Å². The minimum Gasteiger partial charge on any atom is -0.445 e. The van der Waals surface area contributed by atoms with Gasteiger partial charge in [-0.2, -0.15) is 0 Å². The predicted molar refractivity (Wildman–Crippen MR) is 118 cm³/mol. The van der Waals surface area contributed by atoms with Crippen LogP contribution >= 0.6 is 0 Å². The molecule has 33 heavy (non-hydrogen) atoms. The molecule has 1 amide bonds. The smallest absolute Gasteiger partial charge is 0.407 e. The van der Waals surface area contributed by atoms with Crippen LogP contribution in [0.1, 0.15) is 23.5 Å². The van der Waals surface area contributed by atoms with Crippen molar-refractivity contribution in [2.45, 2.75) is 37.7 Å². The molecular formula is C24H24F2N4O3. The van der Waals surface area contributed by atoms with Gasteiger partial charge in [-0.25, -0.2) is 13.6 Å². The van der Waals surface area contributed by atoms with E-state index in [2.05, 4.69) is 10.3 Å². The molecule has 5 rings (SSSR count). The quantitative estimate of drug-likeness (QED) is 0.642. The third-order valence-corrected chi connectivity index (χ3v) is 6.42. The number of ether oxygens (including phenoxy) is 1. The molecule has 1 fully saturated rings. The van der Waals surface area contributed by atoms with Gasteiger partial charge in [-0.1, -0.05) is 30.3 Å². The van der Waals surface area contributed by atoms with E-state index >= 15 is 0 Å². The number of halogens is 2. The van der Waals surface area contributed by atoms with E-state index in [1.165, 1.54) is 12.3 Å². The molecule has 1 aromatic carbocycles. The maximum Gasteiger partial charge on any atom is 0.407 e. The number of hydrogen-bond acceptors (Lipinski definition) is 5. The van der Waals surface area contributed by atoms with Crippen LogP contribution in [0.5, 0.6) is 0 Å². The number of alkyl halides is 1. The summed E-state index contributed by atoms with van der Waals surface area (Å²) in [6, 6.07) is 11.7. The third kappa shape index (κ3) is 4.32. The molecule has 1 saturated heterocycles. The highest BCUT2D eigenvalue weighted by Gasteiger charge is 2.35. The van der Waals surface area contributed by atoms with E-state index in [4.69, 9.17) is 4.74 Å². The molecule has 172 valence electrons. The standard InChI is InChI=1S/C24H24F2N4O3/c25-17-10-27-20-6-7-21(31)30-12-16(22(17)23(20)30)11-29-9-8-19(18(26)13-29)28-24(32)33-14-15-4-2-1-3-5-15/h1-7,10,16,18-19H,8-9,11-14H2,(H,28,32)/t16?,18-,19+/m0/s1. The minimum atomic E-state index is -1.28. The van der Waals surface area contributed by atoms with Crippen molar-refractivity contribution in [1.29, 1.82) is 0 Å². The van der Waals surface area contributed by atoms with Crippen LogP contribution in [-0.4, -0.2) is 52.4 Å². The number of nitrogens with one attached hydrogen (secondary N) is 1. The van der Waals surface area contributed by atoms with Crippen molar-refractivity contribution < 1.29 is 18.3 Å². The van der Waals surface area contributed by atoms with Gasteiger partial charge < -0.3 is 14.6 Å². The Morgan fingerprint density at radius 1 is 1.18 bits per heavy atom. The van der Waals surface area contributed by atoms with Crippen molar-refractivity contribution in [3.8, 4) is 0 Å². The van der Waals surface area contributed by atoms with E-state index in [1.807, 2.05) is 35.2 Å². The molecule has 3 atom stereocenters. The highest BCUT2D eigenvalue weighted by molar-refractivity contribution is 5.80. The lowest BCUT2D eigenvalue weighted by Gasteiger charge is -2.36. The lowest BCUT2D eigenvalue weighted by Crippen LogP contribution is -2.53. The fraction of sp³-hybridized carbons (Fsp3) is 0.375. The van der Waals surface area contributed by atoms with Crippen LogP contribution in [0.4, 0.5) is 13.6 Å². The highest BCUT2D eigenvalue weighted by Crippen LogP contribution is 2.34. The summed E-state index contributed by atoms with van der Waals surface area (Å²) in [6.45, 7) is 1.54. The molecular weight excluding hydrogens is 430 g/mol. The Kier molecular flexibility index (Phi) is 5.80. The number of carbonyl (C=O) groups excluding carboxylic acids is 1. The zero-order valence-electron chi connectivity index (χ0n) is 17.9. The summed E-state index contributed by atoms with van der Waals surface area (Å²) in [4.78, 5) is 30.4.